The number of carboxylic acids is 1. The predicted molar refractivity (Wildman–Crippen MR) is 30.4 cm³/mol. The van der Waals surface area contributed by atoms with E-state index in [1.807, 2.05) is 0 Å². The molecule has 4 nitrogen and oxygen atoms in total. The molecule has 0 aliphatic carbocycles. The van der Waals surface area contributed by atoms with E-state index in [2.05, 4.69) is 0 Å². The van der Waals surface area contributed by atoms with E-state index in [1.165, 1.54) is 0 Å². The molecule has 0 rings (SSSR count). The van der Waals surface area contributed by atoms with Crippen molar-refractivity contribution in [3.63, 3.8) is 0 Å². The first-order valence-electron chi connectivity index (χ1n) is 2.34. The molecule has 50 valence electrons. The molecule has 0 radical (unpaired) electrons. The number of rotatable bonds is 3. The van der Waals surface area contributed by atoms with Gasteiger partial charge in [-0.05, 0) is 0 Å². The first kappa shape index (κ1) is 12.1. The molecule has 0 spiro atoms. The van der Waals surface area contributed by atoms with Gasteiger partial charge in [0.15, 0.2) is 0 Å². The van der Waals surface area contributed by atoms with Crippen LogP contribution in [0.4, 0.5) is 0 Å². The molecule has 0 saturated carbocycles. The van der Waals surface area contributed by atoms with Crippen LogP contribution in [0.25, 0.3) is 0 Å². The fraction of sp³-hybridized carbons (Fsp3) is 0.750. The maximum Gasteiger partial charge on any atom is 1.00 e. The third kappa shape index (κ3) is 8.39. The van der Waals surface area contributed by atoms with Gasteiger partial charge in [-0.25, -0.2) is 0 Å². The maximum atomic E-state index is 9.83. The van der Waals surface area contributed by atoms with Crippen molar-refractivity contribution >= 4 is 5.97 Å². The Bertz CT molecular complexity index is 93.3. The third-order valence-corrected chi connectivity index (χ3v) is 0.740. The molecule has 0 aliphatic heterocycles. The zero-order chi connectivity index (χ0) is 6.57. The van der Waals surface area contributed by atoms with E-state index in [0.29, 0.717) is 0 Å². The molecule has 9 heavy (non-hydrogen) atoms. The second-order valence-electron chi connectivity index (χ2n) is 1.59. The number of aliphatic carboxylic acids is 1. The van der Waals surface area contributed by atoms with Crippen LogP contribution >= 0.6 is 0 Å². The van der Waals surface area contributed by atoms with Gasteiger partial charge in [0.1, 0.15) is 0 Å². The Hall–Kier alpha value is 0.390. The Morgan fingerprint density at radius 2 is 2.22 bits per heavy atom. The van der Waals surface area contributed by atoms with Gasteiger partial charge in [0.05, 0.1) is 6.42 Å². The number of hydrogen-bond acceptors (Lipinski definition) is 3. The Morgan fingerprint density at radius 1 is 1.78 bits per heavy atom. The largest absolute Gasteiger partial charge is 1.00 e. The van der Waals surface area contributed by atoms with Crippen LogP contribution in [-0.4, -0.2) is 23.7 Å². The fourth-order valence-corrected chi connectivity index (χ4v) is 0.308. The van der Waals surface area contributed by atoms with E-state index in [4.69, 9.17) is 16.6 Å². The van der Waals surface area contributed by atoms with E-state index < -0.39 is 12.0 Å². The topological polar surface area (TPSA) is 89.3 Å². The van der Waals surface area contributed by atoms with Crippen molar-refractivity contribution in [3.8, 4) is 0 Å². The quantitative estimate of drug-likeness (QED) is 0.349. The minimum atomic E-state index is -0.900. The zero-order valence-corrected chi connectivity index (χ0v) is 7.50. The van der Waals surface area contributed by atoms with E-state index in [0.717, 1.165) is 0 Å². The molecule has 0 fully saturated rings. The molecule has 0 saturated heterocycles. The Kier molecular flexibility index (Phi) is 8.75. The average Bonchev–Trinajstić information content (AvgIpc) is 1.65. The van der Waals surface area contributed by atoms with Gasteiger partial charge in [-0.2, -0.15) is 0 Å². The minimum Gasteiger partial charge on any atom is -1.00 e. The summed E-state index contributed by atoms with van der Waals surface area (Å²) in [7, 11) is 0. The number of hydrogen-bond donors (Lipinski definition) is 3. The summed E-state index contributed by atoms with van der Waals surface area (Å²) < 4.78 is 0. The minimum absolute atomic E-state index is 0. The molecule has 0 heterocycles. The molecule has 0 aromatic carbocycles. The van der Waals surface area contributed by atoms with Gasteiger partial charge in [-0.1, -0.05) is 0 Å². The van der Waals surface area contributed by atoms with Crippen LogP contribution in [0.1, 0.15) is 7.85 Å². The van der Waals surface area contributed by atoms with Gasteiger partial charge in [0.25, 0.3) is 0 Å². The molecule has 1 atom stereocenters. The first-order valence-corrected chi connectivity index (χ1v) is 2.34. The molecule has 0 amide bonds. The Morgan fingerprint density at radius 3 is 2.33 bits per heavy atom. The monoisotopic (exact) mass is 142 g/mol. The van der Waals surface area contributed by atoms with Gasteiger partial charge in [0.2, 0.25) is 0 Å². The molecule has 5 heteroatoms. The van der Waals surface area contributed by atoms with Gasteiger partial charge in [0, 0.05) is 12.6 Å². The summed E-state index contributed by atoms with van der Waals surface area (Å²) in [4.78, 5) is 9.83. The standard InChI is InChI=1S/C4H10N2O2.Na.H/c5-2-3(6)1-4(7)8;;/h3H,1-2,5-6H2,(H,7,8);;/q;+1;-1. The Balaban J connectivity index is -0.000000245. The van der Waals surface area contributed by atoms with Crippen LogP contribution in [-0.2, 0) is 4.79 Å². The van der Waals surface area contributed by atoms with E-state index >= 15 is 0 Å². The summed E-state index contributed by atoms with van der Waals surface area (Å²) in [5.74, 6) is -0.900. The summed E-state index contributed by atoms with van der Waals surface area (Å²) >= 11 is 0. The zero-order valence-electron chi connectivity index (χ0n) is 6.50. The molecule has 1 unspecified atom stereocenters. The van der Waals surface area contributed by atoms with E-state index in [1.54, 1.807) is 0 Å². The SMILES string of the molecule is NCC(N)CC(=O)O.[H-].[Na+]. The van der Waals surface area contributed by atoms with Crippen LogP contribution < -0.4 is 41.0 Å². The summed E-state index contributed by atoms with van der Waals surface area (Å²) in [6.45, 7) is 0.228. The summed E-state index contributed by atoms with van der Waals surface area (Å²) in [5, 5.41) is 8.08. The van der Waals surface area contributed by atoms with Crippen molar-refractivity contribution in [1.29, 1.82) is 0 Å². The van der Waals surface area contributed by atoms with Gasteiger partial charge < -0.3 is 18.0 Å². The van der Waals surface area contributed by atoms with Crippen molar-refractivity contribution in [2.24, 2.45) is 11.5 Å². The van der Waals surface area contributed by atoms with E-state index in [9.17, 15) is 4.79 Å². The number of nitrogens with two attached hydrogens (primary N) is 2. The van der Waals surface area contributed by atoms with Crippen LogP contribution in [0.15, 0.2) is 0 Å². The number of carboxylic acid groups (broad SMARTS) is 1. The Labute approximate surface area is 77.4 Å². The normalized spacial score (nSPS) is 11.8. The van der Waals surface area contributed by atoms with Gasteiger partial charge in [-0.3, -0.25) is 4.79 Å². The van der Waals surface area contributed by atoms with Crippen LogP contribution in [0.3, 0.4) is 0 Å². The second kappa shape index (κ2) is 6.51. The average molecular weight is 142 g/mol. The van der Waals surface area contributed by atoms with Crippen molar-refractivity contribution in [2.45, 2.75) is 12.5 Å². The second-order valence-corrected chi connectivity index (χ2v) is 1.59. The van der Waals surface area contributed by atoms with Crippen molar-refractivity contribution in [3.05, 3.63) is 0 Å². The van der Waals surface area contributed by atoms with Crippen molar-refractivity contribution < 1.29 is 40.9 Å². The first-order chi connectivity index (χ1) is 3.66. The molecular weight excluding hydrogens is 131 g/mol. The summed E-state index contributed by atoms with van der Waals surface area (Å²) in [6.07, 6.45) is -0.0451. The van der Waals surface area contributed by atoms with Crippen LogP contribution in [0, 0.1) is 0 Å². The summed E-state index contributed by atoms with van der Waals surface area (Å²) in [6, 6.07) is -0.396. The van der Waals surface area contributed by atoms with Gasteiger partial charge in [-0.15, -0.1) is 0 Å². The van der Waals surface area contributed by atoms with Crippen molar-refractivity contribution in [2.75, 3.05) is 6.54 Å². The van der Waals surface area contributed by atoms with Gasteiger partial charge >= 0.3 is 35.5 Å². The molecule has 0 aromatic rings. The molecule has 0 aromatic heterocycles. The van der Waals surface area contributed by atoms with Crippen LogP contribution in [0.2, 0.25) is 0 Å². The maximum absolute atomic E-state index is 9.83. The molecular formula is C4H11N2NaO2. The van der Waals surface area contributed by atoms with E-state index in [-0.39, 0.29) is 43.9 Å². The smallest absolute Gasteiger partial charge is 1.00 e. The molecule has 0 bridgehead atoms. The fourth-order valence-electron chi connectivity index (χ4n) is 0.308. The molecule has 0 aliphatic rings. The number of carbonyl (C=O) groups is 1. The predicted octanol–water partition coefficient (Wildman–Crippen LogP) is -4.14. The molecule has 5 N–H and O–H groups in total. The van der Waals surface area contributed by atoms with Crippen molar-refractivity contribution in [1.82, 2.24) is 0 Å². The third-order valence-electron chi connectivity index (χ3n) is 0.740. The van der Waals surface area contributed by atoms with Crippen LogP contribution in [0.5, 0.6) is 0 Å². The summed E-state index contributed by atoms with van der Waals surface area (Å²) in [5.41, 5.74) is 10.2.